The van der Waals surface area contributed by atoms with Crippen LogP contribution in [-0.2, 0) is 13.1 Å². The Morgan fingerprint density at radius 1 is 1.16 bits per heavy atom. The minimum atomic E-state index is -0.612. The lowest BCUT2D eigenvalue weighted by Gasteiger charge is -2.44. The van der Waals surface area contributed by atoms with E-state index in [0.29, 0.717) is 18.6 Å². The third kappa shape index (κ3) is 2.80. The van der Waals surface area contributed by atoms with Gasteiger partial charge in [-0.1, -0.05) is 6.07 Å². The minimum absolute atomic E-state index is 0.505. The molecule has 2 bridgehead atoms. The molecule has 0 aromatic carbocycles. The molecular weight excluding hydrogens is 330 g/mol. The zero-order valence-electron chi connectivity index (χ0n) is 14.2. The zero-order valence-corrected chi connectivity index (χ0v) is 15.0. The van der Waals surface area contributed by atoms with Gasteiger partial charge in [0, 0.05) is 35.9 Å². The molecule has 130 valence electrons. The fourth-order valence-electron chi connectivity index (χ4n) is 4.86. The van der Waals surface area contributed by atoms with Crippen molar-refractivity contribution in [2.24, 2.45) is 0 Å². The van der Waals surface area contributed by atoms with Gasteiger partial charge in [-0.25, -0.2) is 0 Å². The average molecular weight is 353 g/mol. The van der Waals surface area contributed by atoms with E-state index in [0.717, 1.165) is 30.4 Å². The van der Waals surface area contributed by atoms with Crippen molar-refractivity contribution in [2.45, 2.75) is 56.5 Å². The molecule has 5 heterocycles. The Hall–Kier alpha value is -1.69. The number of rotatable bonds is 4. The molecule has 0 spiro atoms. The molecule has 2 aliphatic rings. The lowest BCUT2D eigenvalue weighted by atomic mass is 9.85. The fourth-order valence-corrected chi connectivity index (χ4v) is 5.57. The van der Waals surface area contributed by atoms with E-state index in [1.807, 2.05) is 29.7 Å². The third-order valence-corrected chi connectivity index (χ3v) is 6.78. The topological polar surface area (TPSA) is 41.3 Å². The molecule has 3 aromatic heterocycles. The van der Waals surface area contributed by atoms with Crippen LogP contribution in [0.15, 0.2) is 48.1 Å². The van der Waals surface area contributed by atoms with Crippen LogP contribution in [0.25, 0.3) is 11.0 Å². The van der Waals surface area contributed by atoms with Crippen LogP contribution in [0.4, 0.5) is 0 Å². The van der Waals surface area contributed by atoms with Crippen molar-refractivity contribution in [1.82, 2.24) is 14.5 Å². The summed E-state index contributed by atoms with van der Waals surface area (Å²) in [5.74, 6) is 0. The van der Waals surface area contributed by atoms with Gasteiger partial charge in [0.25, 0.3) is 0 Å². The molecule has 2 aliphatic heterocycles. The summed E-state index contributed by atoms with van der Waals surface area (Å²) >= 11 is 1.84. The van der Waals surface area contributed by atoms with Gasteiger partial charge < -0.3 is 9.67 Å². The largest absolute Gasteiger partial charge is 0.388 e. The average Bonchev–Trinajstić information content (AvgIpc) is 3.30. The van der Waals surface area contributed by atoms with Gasteiger partial charge in [0.1, 0.15) is 0 Å². The third-order valence-electron chi connectivity index (χ3n) is 5.92. The number of fused-ring (bicyclic) bond motifs is 3. The minimum Gasteiger partial charge on any atom is -0.388 e. The second-order valence-corrected chi connectivity index (χ2v) is 8.65. The van der Waals surface area contributed by atoms with Gasteiger partial charge in [-0.15, -0.1) is 11.3 Å². The summed E-state index contributed by atoms with van der Waals surface area (Å²) in [5, 5.41) is 13.5. The van der Waals surface area contributed by atoms with Crippen LogP contribution in [-0.4, -0.2) is 37.2 Å². The second kappa shape index (κ2) is 5.94. The first kappa shape index (κ1) is 15.6. The first-order valence-corrected chi connectivity index (χ1v) is 9.99. The number of aliphatic hydroxyl groups is 1. The van der Waals surface area contributed by atoms with Gasteiger partial charge in [0.2, 0.25) is 0 Å². The Morgan fingerprint density at radius 2 is 2.00 bits per heavy atom. The number of thiophene rings is 1. The summed E-state index contributed by atoms with van der Waals surface area (Å²) in [7, 11) is 0. The maximum atomic E-state index is 11.4. The smallest absolute Gasteiger partial charge is 0.0880 e. The first-order chi connectivity index (χ1) is 12.2. The van der Waals surface area contributed by atoms with E-state index in [1.165, 1.54) is 17.7 Å². The fraction of sp³-hybridized carbons (Fsp3) is 0.450. The van der Waals surface area contributed by atoms with Crippen molar-refractivity contribution < 1.29 is 5.11 Å². The Morgan fingerprint density at radius 3 is 2.76 bits per heavy atom. The summed E-state index contributed by atoms with van der Waals surface area (Å²) in [5.41, 5.74) is 1.51. The van der Waals surface area contributed by atoms with Crippen molar-refractivity contribution >= 4 is 22.4 Å². The van der Waals surface area contributed by atoms with Crippen LogP contribution in [0, 0.1) is 0 Å². The highest BCUT2D eigenvalue weighted by atomic mass is 32.1. The standard InChI is InChI=1S/C20H23N3OS/c24-20(14-22-9-7-18-19(22)4-1-8-21-18)11-15-5-6-16(12-20)23(15)13-17-3-2-10-25-17/h1-4,7-10,15-16,24H,5-6,11-14H2/t15-,16-/m1/s1. The Labute approximate surface area is 151 Å². The van der Waals surface area contributed by atoms with E-state index in [9.17, 15) is 5.11 Å². The van der Waals surface area contributed by atoms with Crippen molar-refractivity contribution in [1.29, 1.82) is 0 Å². The molecule has 0 aliphatic carbocycles. The molecule has 1 N–H and O–H groups in total. The highest BCUT2D eigenvalue weighted by Crippen LogP contribution is 2.42. The van der Waals surface area contributed by atoms with Crippen LogP contribution in [0.5, 0.6) is 0 Å². The molecule has 0 amide bonds. The molecule has 5 rings (SSSR count). The number of nitrogens with zero attached hydrogens (tertiary/aromatic N) is 3. The molecule has 4 nitrogen and oxygen atoms in total. The van der Waals surface area contributed by atoms with E-state index < -0.39 is 5.60 Å². The van der Waals surface area contributed by atoms with Gasteiger partial charge in [0.15, 0.2) is 0 Å². The van der Waals surface area contributed by atoms with E-state index in [-0.39, 0.29) is 0 Å². The molecule has 3 aromatic rings. The quantitative estimate of drug-likeness (QED) is 0.778. The summed E-state index contributed by atoms with van der Waals surface area (Å²) in [4.78, 5) is 8.47. The summed E-state index contributed by atoms with van der Waals surface area (Å²) in [6, 6.07) is 11.5. The van der Waals surface area contributed by atoms with Crippen molar-refractivity contribution in [3.8, 4) is 0 Å². The van der Waals surface area contributed by atoms with E-state index in [1.54, 1.807) is 0 Å². The van der Waals surface area contributed by atoms with Crippen LogP contribution in [0.3, 0.4) is 0 Å². The predicted molar refractivity (Wildman–Crippen MR) is 101 cm³/mol. The molecule has 0 saturated carbocycles. The van der Waals surface area contributed by atoms with E-state index in [2.05, 4.69) is 44.2 Å². The monoisotopic (exact) mass is 353 g/mol. The Bertz CT molecular complexity index is 858. The number of piperidine rings is 1. The molecule has 2 saturated heterocycles. The Kier molecular flexibility index (Phi) is 3.69. The number of pyridine rings is 1. The van der Waals surface area contributed by atoms with E-state index >= 15 is 0 Å². The van der Waals surface area contributed by atoms with Gasteiger partial charge in [0.05, 0.1) is 23.2 Å². The van der Waals surface area contributed by atoms with Crippen LogP contribution >= 0.6 is 11.3 Å². The van der Waals surface area contributed by atoms with Crippen LogP contribution in [0.1, 0.15) is 30.6 Å². The summed E-state index contributed by atoms with van der Waals surface area (Å²) < 4.78 is 2.18. The van der Waals surface area contributed by atoms with Gasteiger partial charge >= 0.3 is 0 Å². The van der Waals surface area contributed by atoms with Gasteiger partial charge in [-0.2, -0.15) is 0 Å². The van der Waals surface area contributed by atoms with E-state index in [4.69, 9.17) is 0 Å². The second-order valence-electron chi connectivity index (χ2n) is 7.62. The highest BCUT2D eigenvalue weighted by molar-refractivity contribution is 7.09. The summed E-state index contributed by atoms with van der Waals surface area (Å²) in [6.07, 6.45) is 8.06. The molecule has 0 radical (unpaired) electrons. The molecule has 2 atom stereocenters. The number of hydrogen-bond acceptors (Lipinski definition) is 4. The SMILES string of the molecule is OC1(Cn2ccc3ncccc32)C[C@H]2CC[C@H](C1)N2Cc1cccs1. The molecule has 2 fully saturated rings. The van der Waals surface area contributed by atoms with Crippen LogP contribution in [0.2, 0.25) is 0 Å². The van der Waals surface area contributed by atoms with Crippen LogP contribution < -0.4 is 0 Å². The predicted octanol–water partition coefficient (Wildman–Crippen LogP) is 3.66. The molecular formula is C20H23N3OS. The van der Waals surface area contributed by atoms with Gasteiger partial charge in [-0.3, -0.25) is 9.88 Å². The van der Waals surface area contributed by atoms with Crippen molar-refractivity contribution in [3.63, 3.8) is 0 Å². The first-order valence-electron chi connectivity index (χ1n) is 9.11. The van der Waals surface area contributed by atoms with Crippen molar-refractivity contribution in [3.05, 3.63) is 53.0 Å². The normalized spacial score (nSPS) is 29.5. The maximum Gasteiger partial charge on any atom is 0.0880 e. The molecule has 25 heavy (non-hydrogen) atoms. The molecule has 5 heteroatoms. The molecule has 0 unspecified atom stereocenters. The lowest BCUT2D eigenvalue weighted by Crippen LogP contribution is -2.52. The van der Waals surface area contributed by atoms with Gasteiger partial charge in [-0.05, 0) is 55.3 Å². The number of aromatic nitrogens is 2. The maximum absolute atomic E-state index is 11.4. The number of hydrogen-bond donors (Lipinski definition) is 1. The highest BCUT2D eigenvalue weighted by Gasteiger charge is 2.47. The summed E-state index contributed by atoms with van der Waals surface area (Å²) in [6.45, 7) is 1.71. The zero-order chi connectivity index (χ0) is 16.9. The lowest BCUT2D eigenvalue weighted by molar-refractivity contribution is -0.0642. The Balaban J connectivity index is 1.36. The van der Waals surface area contributed by atoms with Crippen molar-refractivity contribution in [2.75, 3.05) is 0 Å².